The molecule has 10 atom stereocenters. The molecular formula is C18H30O11. The van der Waals surface area contributed by atoms with Gasteiger partial charge in [0.2, 0.25) is 0 Å². The van der Waals surface area contributed by atoms with Crippen molar-refractivity contribution in [3.63, 3.8) is 0 Å². The fraction of sp³-hybridized carbons (Fsp3) is 0.889. The average molecular weight is 422 g/mol. The van der Waals surface area contributed by atoms with Crippen LogP contribution in [0.4, 0.5) is 0 Å². The number of ether oxygens (including phenoxy) is 6. The minimum Gasteiger partial charge on any atom is -0.394 e. The second-order valence-electron chi connectivity index (χ2n) is 7.71. The highest BCUT2D eigenvalue weighted by atomic mass is 16.8. The van der Waals surface area contributed by atoms with Crippen LogP contribution in [0, 0.1) is 0 Å². The maximum absolute atomic E-state index is 10.7. The molecular weight excluding hydrogens is 392 g/mol. The molecule has 11 heteroatoms. The Bertz CT molecular complexity index is 556. The van der Waals surface area contributed by atoms with Crippen LogP contribution in [0.2, 0.25) is 0 Å². The molecule has 3 rings (SSSR count). The molecule has 5 N–H and O–H groups in total. The minimum atomic E-state index is -1.51. The molecule has 0 unspecified atom stereocenters. The first-order valence-corrected chi connectivity index (χ1v) is 9.52. The lowest BCUT2D eigenvalue weighted by atomic mass is 9.97. The van der Waals surface area contributed by atoms with E-state index in [1.807, 2.05) is 0 Å². The number of aliphatic hydroxyl groups is 5. The van der Waals surface area contributed by atoms with Crippen molar-refractivity contribution in [3.05, 3.63) is 12.7 Å². The van der Waals surface area contributed by atoms with Crippen LogP contribution in [0.15, 0.2) is 12.7 Å². The first-order valence-electron chi connectivity index (χ1n) is 9.52. The van der Waals surface area contributed by atoms with Crippen LogP contribution >= 0.6 is 0 Å². The summed E-state index contributed by atoms with van der Waals surface area (Å²) in [4.78, 5) is 0. The van der Waals surface area contributed by atoms with Crippen LogP contribution in [0.25, 0.3) is 0 Å². The molecule has 3 heterocycles. The molecule has 0 saturated carbocycles. The van der Waals surface area contributed by atoms with Crippen LogP contribution in [-0.2, 0) is 28.4 Å². The molecule has 11 nitrogen and oxygen atoms in total. The van der Waals surface area contributed by atoms with Crippen molar-refractivity contribution < 1.29 is 54.0 Å². The zero-order valence-electron chi connectivity index (χ0n) is 16.4. The number of aliphatic hydroxyl groups excluding tert-OH is 5. The van der Waals surface area contributed by atoms with Crippen molar-refractivity contribution in [2.75, 3.05) is 19.8 Å². The van der Waals surface area contributed by atoms with Crippen molar-refractivity contribution in [1.82, 2.24) is 0 Å². The summed E-state index contributed by atoms with van der Waals surface area (Å²) in [5, 5.41) is 50.8. The molecule has 0 aromatic rings. The maximum atomic E-state index is 10.7. The van der Waals surface area contributed by atoms with E-state index in [-0.39, 0.29) is 6.61 Å². The topological polar surface area (TPSA) is 157 Å². The molecule has 0 amide bonds. The summed E-state index contributed by atoms with van der Waals surface area (Å²) < 4.78 is 33.5. The lowest BCUT2D eigenvalue weighted by Crippen LogP contribution is -2.64. The molecule has 29 heavy (non-hydrogen) atoms. The van der Waals surface area contributed by atoms with Crippen molar-refractivity contribution >= 4 is 0 Å². The second kappa shape index (κ2) is 9.20. The fourth-order valence-corrected chi connectivity index (χ4v) is 3.79. The van der Waals surface area contributed by atoms with Gasteiger partial charge in [0.15, 0.2) is 18.4 Å². The predicted octanol–water partition coefficient (Wildman–Crippen LogP) is -2.39. The van der Waals surface area contributed by atoms with Gasteiger partial charge in [0.05, 0.1) is 19.8 Å². The van der Waals surface area contributed by atoms with Crippen molar-refractivity contribution in [2.24, 2.45) is 0 Å². The van der Waals surface area contributed by atoms with Gasteiger partial charge in [-0.2, -0.15) is 0 Å². The van der Waals surface area contributed by atoms with Gasteiger partial charge >= 0.3 is 0 Å². The zero-order chi connectivity index (χ0) is 21.3. The molecule has 3 aliphatic heterocycles. The zero-order valence-corrected chi connectivity index (χ0v) is 16.4. The van der Waals surface area contributed by atoms with Gasteiger partial charge in [-0.05, 0) is 13.8 Å². The van der Waals surface area contributed by atoms with Crippen LogP contribution in [-0.4, -0.2) is 113 Å². The van der Waals surface area contributed by atoms with E-state index >= 15 is 0 Å². The third-order valence-corrected chi connectivity index (χ3v) is 5.12. The third kappa shape index (κ3) is 4.65. The summed E-state index contributed by atoms with van der Waals surface area (Å²) in [5.41, 5.74) is 0. The number of hydrogen-bond donors (Lipinski definition) is 5. The minimum absolute atomic E-state index is 0.0664. The molecule has 3 fully saturated rings. The first kappa shape index (κ1) is 23.0. The summed E-state index contributed by atoms with van der Waals surface area (Å²) in [7, 11) is 0. The summed E-state index contributed by atoms with van der Waals surface area (Å²) in [6.45, 7) is 5.94. The van der Waals surface area contributed by atoms with Crippen molar-refractivity contribution in [2.45, 2.75) is 81.0 Å². The molecule has 168 valence electrons. The molecule has 0 aromatic carbocycles. The lowest BCUT2D eigenvalue weighted by molar-refractivity contribution is -0.352. The van der Waals surface area contributed by atoms with Crippen LogP contribution in [0.5, 0.6) is 0 Å². The van der Waals surface area contributed by atoms with E-state index in [1.165, 1.54) is 6.08 Å². The second-order valence-corrected chi connectivity index (χ2v) is 7.71. The first-order chi connectivity index (χ1) is 13.7. The maximum Gasteiger partial charge on any atom is 0.187 e. The van der Waals surface area contributed by atoms with Gasteiger partial charge < -0.3 is 54.0 Å². The summed E-state index contributed by atoms with van der Waals surface area (Å²) in [6, 6.07) is 0. The quantitative estimate of drug-likeness (QED) is 0.279. The molecule has 0 bridgehead atoms. The fourth-order valence-electron chi connectivity index (χ4n) is 3.79. The Labute approximate surface area is 168 Å². The monoisotopic (exact) mass is 422 g/mol. The number of hydrogen-bond acceptors (Lipinski definition) is 11. The largest absolute Gasteiger partial charge is 0.394 e. The molecule has 0 aromatic heterocycles. The highest BCUT2D eigenvalue weighted by molar-refractivity contribution is 4.98. The van der Waals surface area contributed by atoms with E-state index in [0.29, 0.717) is 0 Å². The average Bonchev–Trinajstić information content (AvgIpc) is 3.02. The number of rotatable bonds is 7. The van der Waals surface area contributed by atoms with Crippen LogP contribution < -0.4 is 0 Å². The molecule has 0 aliphatic carbocycles. The van der Waals surface area contributed by atoms with Gasteiger partial charge in [0.1, 0.15) is 48.8 Å². The third-order valence-electron chi connectivity index (χ3n) is 5.12. The Kier molecular flexibility index (Phi) is 7.29. The molecule has 0 radical (unpaired) electrons. The van der Waals surface area contributed by atoms with Gasteiger partial charge in [-0.15, -0.1) is 6.58 Å². The van der Waals surface area contributed by atoms with E-state index in [1.54, 1.807) is 13.8 Å². The normalized spacial score (nSPS) is 47.0. The highest BCUT2D eigenvalue weighted by Crippen LogP contribution is 2.38. The lowest BCUT2D eigenvalue weighted by Gasteiger charge is -2.45. The van der Waals surface area contributed by atoms with Crippen molar-refractivity contribution in [3.8, 4) is 0 Å². The van der Waals surface area contributed by atoms with Crippen molar-refractivity contribution in [1.29, 1.82) is 0 Å². The smallest absolute Gasteiger partial charge is 0.187 e. The van der Waals surface area contributed by atoms with Gasteiger partial charge in [0.25, 0.3) is 0 Å². The van der Waals surface area contributed by atoms with Crippen LogP contribution in [0.1, 0.15) is 13.8 Å². The Hall–Kier alpha value is -0.700. The molecule has 3 aliphatic rings. The van der Waals surface area contributed by atoms with E-state index < -0.39 is 80.4 Å². The van der Waals surface area contributed by atoms with Gasteiger partial charge in [-0.25, -0.2) is 0 Å². The number of fused-ring (bicyclic) bond motifs is 1. The molecule has 3 saturated heterocycles. The summed E-state index contributed by atoms with van der Waals surface area (Å²) in [6.07, 6.45) is -10.1. The Morgan fingerprint density at radius 1 is 0.897 bits per heavy atom. The standard InChI is InChI=1S/C18H30O11/c1-4-5-24-16-11(22)10(21)13(8(6-19)25-16)27-17-12(23)15-14(9(7-20)26-17)28-18(2,3)29-15/h4,8-17,19-23H,1,5-7H2,2-3H3/t8-,9-,10-,11-,12-,13-,14+,15-,16-,17+/m1/s1. The van der Waals surface area contributed by atoms with E-state index in [0.717, 1.165) is 0 Å². The Morgan fingerprint density at radius 2 is 1.52 bits per heavy atom. The molecule has 0 spiro atoms. The van der Waals surface area contributed by atoms with E-state index in [2.05, 4.69) is 6.58 Å². The highest BCUT2D eigenvalue weighted by Gasteiger charge is 2.56. The van der Waals surface area contributed by atoms with E-state index in [9.17, 15) is 25.5 Å². The SMILES string of the molecule is C=CCO[C@@H]1O[C@H](CO)[C@@H](O[C@@H]2O[C@H](CO)[C@@H]3OC(C)(C)O[C@@H]3[C@H]2O)[C@H](O)[C@H]1O. The van der Waals surface area contributed by atoms with Crippen LogP contribution in [0.3, 0.4) is 0 Å². The van der Waals surface area contributed by atoms with E-state index in [4.69, 9.17) is 28.4 Å². The Morgan fingerprint density at radius 3 is 2.14 bits per heavy atom. The summed E-state index contributed by atoms with van der Waals surface area (Å²) in [5.74, 6) is -0.991. The Balaban J connectivity index is 1.73. The van der Waals surface area contributed by atoms with Gasteiger partial charge in [-0.1, -0.05) is 6.08 Å². The van der Waals surface area contributed by atoms with Gasteiger partial charge in [0, 0.05) is 0 Å². The van der Waals surface area contributed by atoms with Gasteiger partial charge in [-0.3, -0.25) is 0 Å². The predicted molar refractivity (Wildman–Crippen MR) is 94.4 cm³/mol. The summed E-state index contributed by atoms with van der Waals surface area (Å²) >= 11 is 0.